The average molecular weight is 269 g/mol. The molecule has 1 rings (SSSR count). The molecular weight excluding hydrogens is 242 g/mol. The molecule has 0 spiro atoms. The summed E-state index contributed by atoms with van der Waals surface area (Å²) in [7, 11) is 0. The Morgan fingerprint density at radius 1 is 1.32 bits per heavy atom. The maximum Gasteiger partial charge on any atom is 0.236 e. The van der Waals surface area contributed by atoms with E-state index < -0.39 is 5.41 Å². The van der Waals surface area contributed by atoms with Crippen molar-refractivity contribution in [3.05, 3.63) is 0 Å². The van der Waals surface area contributed by atoms with Gasteiger partial charge in [0.25, 0.3) is 0 Å². The Kier molecular flexibility index (Phi) is 5.20. The van der Waals surface area contributed by atoms with Crippen molar-refractivity contribution in [2.75, 3.05) is 6.54 Å². The zero-order valence-corrected chi connectivity index (χ0v) is 12.5. The number of amidine groups is 1. The van der Waals surface area contributed by atoms with Crippen molar-refractivity contribution >= 4 is 11.7 Å². The van der Waals surface area contributed by atoms with Crippen molar-refractivity contribution in [3.63, 3.8) is 0 Å². The normalized spacial score (nSPS) is 19.2. The number of nitrogens with two attached hydrogens (primary N) is 1. The third kappa shape index (κ3) is 3.19. The standard InChI is InChI=1S/C14H27N3O2/c1-10(2)9-17(11(3)4)13(18)14(12(15)16-19)7-5-6-8-14/h10-11,19H,5-9H2,1-4H3,(H2,15,16). The molecule has 110 valence electrons. The smallest absolute Gasteiger partial charge is 0.236 e. The second-order valence-electron chi connectivity index (χ2n) is 6.22. The number of nitrogens with zero attached hydrogens (tertiary/aromatic N) is 2. The Hall–Kier alpha value is -1.26. The highest BCUT2D eigenvalue weighted by molar-refractivity contribution is 6.07. The van der Waals surface area contributed by atoms with Gasteiger partial charge in [0, 0.05) is 12.6 Å². The van der Waals surface area contributed by atoms with E-state index in [0.29, 0.717) is 25.3 Å². The van der Waals surface area contributed by atoms with Crippen molar-refractivity contribution < 1.29 is 10.0 Å². The van der Waals surface area contributed by atoms with Gasteiger partial charge >= 0.3 is 0 Å². The summed E-state index contributed by atoms with van der Waals surface area (Å²) in [5.41, 5.74) is 5.05. The number of amides is 1. The molecule has 1 aliphatic rings. The van der Waals surface area contributed by atoms with E-state index >= 15 is 0 Å². The fraction of sp³-hybridized carbons (Fsp3) is 0.857. The summed E-state index contributed by atoms with van der Waals surface area (Å²) >= 11 is 0. The number of hydrogen-bond donors (Lipinski definition) is 2. The summed E-state index contributed by atoms with van der Waals surface area (Å²) in [6, 6.07) is 0.124. The van der Waals surface area contributed by atoms with Gasteiger partial charge in [0.15, 0.2) is 5.84 Å². The second-order valence-corrected chi connectivity index (χ2v) is 6.22. The summed E-state index contributed by atoms with van der Waals surface area (Å²) in [5.74, 6) is 0.491. The van der Waals surface area contributed by atoms with Gasteiger partial charge < -0.3 is 15.8 Å². The molecule has 0 saturated heterocycles. The molecule has 1 amide bonds. The lowest BCUT2D eigenvalue weighted by Gasteiger charge is -2.36. The topological polar surface area (TPSA) is 78.9 Å². The van der Waals surface area contributed by atoms with Crippen LogP contribution in [0, 0.1) is 11.3 Å². The van der Waals surface area contributed by atoms with E-state index in [0.717, 1.165) is 12.8 Å². The molecule has 1 saturated carbocycles. The molecule has 0 aromatic heterocycles. The van der Waals surface area contributed by atoms with Gasteiger partial charge in [-0.1, -0.05) is 31.8 Å². The van der Waals surface area contributed by atoms with Crippen LogP contribution in [0.5, 0.6) is 0 Å². The quantitative estimate of drug-likeness (QED) is 0.347. The van der Waals surface area contributed by atoms with E-state index in [4.69, 9.17) is 10.9 Å². The summed E-state index contributed by atoms with van der Waals surface area (Å²) in [6.45, 7) is 8.91. The Bertz CT molecular complexity index is 345. The van der Waals surface area contributed by atoms with Crippen molar-refractivity contribution in [1.29, 1.82) is 0 Å². The van der Waals surface area contributed by atoms with Gasteiger partial charge in [-0.3, -0.25) is 4.79 Å². The highest BCUT2D eigenvalue weighted by Gasteiger charge is 2.47. The third-order valence-corrected chi connectivity index (χ3v) is 3.91. The van der Waals surface area contributed by atoms with Crippen molar-refractivity contribution in [1.82, 2.24) is 4.90 Å². The number of rotatable bonds is 5. The molecule has 19 heavy (non-hydrogen) atoms. The number of oxime groups is 1. The first-order chi connectivity index (χ1) is 8.85. The molecule has 1 fully saturated rings. The fourth-order valence-electron chi connectivity index (χ4n) is 2.85. The van der Waals surface area contributed by atoms with E-state index in [-0.39, 0.29) is 17.8 Å². The maximum absolute atomic E-state index is 12.9. The third-order valence-electron chi connectivity index (χ3n) is 3.91. The SMILES string of the molecule is CC(C)CN(C(=O)C1(C(N)=NO)CCCC1)C(C)C. The minimum absolute atomic E-state index is 0.0176. The summed E-state index contributed by atoms with van der Waals surface area (Å²) in [6.07, 6.45) is 3.28. The van der Waals surface area contributed by atoms with Gasteiger partial charge in [-0.05, 0) is 32.6 Å². The highest BCUT2D eigenvalue weighted by Crippen LogP contribution is 2.40. The number of carbonyl (C=O) groups excluding carboxylic acids is 1. The Morgan fingerprint density at radius 3 is 2.21 bits per heavy atom. The van der Waals surface area contributed by atoms with Crippen LogP contribution in [0.1, 0.15) is 53.4 Å². The molecule has 0 bridgehead atoms. The van der Waals surface area contributed by atoms with Crippen LogP contribution in [0.15, 0.2) is 5.16 Å². The van der Waals surface area contributed by atoms with Crippen molar-refractivity contribution in [2.45, 2.75) is 59.4 Å². The molecule has 1 aliphatic carbocycles. The molecule has 0 aromatic carbocycles. The van der Waals surface area contributed by atoms with Crippen LogP contribution in [-0.2, 0) is 4.79 Å². The Morgan fingerprint density at radius 2 is 1.84 bits per heavy atom. The van der Waals surface area contributed by atoms with Crippen LogP contribution in [0.2, 0.25) is 0 Å². The molecule has 0 aliphatic heterocycles. The van der Waals surface area contributed by atoms with Crippen LogP contribution in [0.25, 0.3) is 0 Å². The lowest BCUT2D eigenvalue weighted by Crippen LogP contribution is -2.53. The molecule has 5 nitrogen and oxygen atoms in total. The average Bonchev–Trinajstić information content (AvgIpc) is 2.84. The maximum atomic E-state index is 12.9. The second kappa shape index (κ2) is 6.26. The van der Waals surface area contributed by atoms with Crippen LogP contribution in [0.4, 0.5) is 0 Å². The summed E-state index contributed by atoms with van der Waals surface area (Å²) in [4.78, 5) is 14.8. The first kappa shape index (κ1) is 15.8. The van der Waals surface area contributed by atoms with Gasteiger partial charge in [0.05, 0.1) is 0 Å². The van der Waals surface area contributed by atoms with Gasteiger partial charge in [0.2, 0.25) is 5.91 Å². The van der Waals surface area contributed by atoms with Gasteiger partial charge in [-0.15, -0.1) is 0 Å². The molecule has 5 heteroatoms. The molecule has 0 aromatic rings. The first-order valence-electron chi connectivity index (χ1n) is 7.14. The van der Waals surface area contributed by atoms with Gasteiger partial charge in [-0.2, -0.15) is 0 Å². The minimum Gasteiger partial charge on any atom is -0.409 e. The van der Waals surface area contributed by atoms with Crippen LogP contribution in [-0.4, -0.2) is 34.4 Å². The first-order valence-corrected chi connectivity index (χ1v) is 7.14. The summed E-state index contributed by atoms with van der Waals surface area (Å²) in [5, 5.41) is 12.1. The molecule has 3 N–H and O–H groups in total. The molecular formula is C14H27N3O2. The molecule has 0 unspecified atom stereocenters. The molecule has 0 heterocycles. The van der Waals surface area contributed by atoms with E-state index in [1.165, 1.54) is 0 Å². The van der Waals surface area contributed by atoms with Crippen LogP contribution < -0.4 is 5.73 Å². The number of carbonyl (C=O) groups is 1. The Labute approximate surface area is 115 Å². The predicted octanol–water partition coefficient (Wildman–Crippen LogP) is 2.19. The van der Waals surface area contributed by atoms with E-state index in [2.05, 4.69) is 19.0 Å². The van der Waals surface area contributed by atoms with Crippen LogP contribution in [0.3, 0.4) is 0 Å². The Balaban J connectivity index is 3.04. The zero-order chi connectivity index (χ0) is 14.6. The van der Waals surface area contributed by atoms with Crippen LogP contribution >= 0.6 is 0 Å². The molecule has 0 radical (unpaired) electrons. The van der Waals surface area contributed by atoms with Gasteiger partial charge in [0.1, 0.15) is 5.41 Å². The molecule has 0 atom stereocenters. The fourth-order valence-corrected chi connectivity index (χ4v) is 2.85. The van der Waals surface area contributed by atoms with Gasteiger partial charge in [-0.25, -0.2) is 0 Å². The zero-order valence-electron chi connectivity index (χ0n) is 12.5. The minimum atomic E-state index is -0.784. The monoisotopic (exact) mass is 269 g/mol. The van der Waals surface area contributed by atoms with E-state index in [1.807, 2.05) is 18.7 Å². The van der Waals surface area contributed by atoms with Crippen molar-refractivity contribution in [3.8, 4) is 0 Å². The van der Waals surface area contributed by atoms with E-state index in [9.17, 15) is 4.79 Å². The van der Waals surface area contributed by atoms with Crippen molar-refractivity contribution in [2.24, 2.45) is 22.2 Å². The largest absolute Gasteiger partial charge is 0.409 e. The lowest BCUT2D eigenvalue weighted by atomic mass is 9.82. The summed E-state index contributed by atoms with van der Waals surface area (Å²) < 4.78 is 0. The predicted molar refractivity (Wildman–Crippen MR) is 76.0 cm³/mol. The highest BCUT2D eigenvalue weighted by atomic mass is 16.4. The lowest BCUT2D eigenvalue weighted by molar-refractivity contribution is -0.140. The van der Waals surface area contributed by atoms with E-state index in [1.54, 1.807) is 0 Å². The number of hydrogen-bond acceptors (Lipinski definition) is 3.